The maximum Gasteiger partial charge on any atom is 0.407 e. The quantitative estimate of drug-likeness (QED) is 0.106. The number of amides is 1. The van der Waals surface area contributed by atoms with Gasteiger partial charge in [0.25, 0.3) is 0 Å². The summed E-state index contributed by atoms with van der Waals surface area (Å²) >= 11 is 0. The molecular formula is C35H51NO9. The summed E-state index contributed by atoms with van der Waals surface area (Å²) in [4.78, 5) is 23.8. The van der Waals surface area contributed by atoms with Crippen LogP contribution in [0.15, 0.2) is 48.5 Å². The molecule has 3 rings (SSSR count). The summed E-state index contributed by atoms with van der Waals surface area (Å²) in [5.41, 5.74) is 4.81. The molecule has 0 bridgehead atoms. The van der Waals surface area contributed by atoms with E-state index in [0.29, 0.717) is 92.1 Å². The fourth-order valence-electron chi connectivity index (χ4n) is 4.98. The highest BCUT2D eigenvalue weighted by Crippen LogP contribution is 2.44. The SMILES string of the molecule is CCCCCCC(=O)OCCOCCOCCOCCOCCOCCCNC(=O)OCC1c2ccccc2-c2ccccc21. The normalized spacial score (nSPS) is 12.1. The first kappa shape index (κ1) is 36.4. The molecule has 0 aliphatic heterocycles. The largest absolute Gasteiger partial charge is 0.463 e. The molecule has 1 aliphatic rings. The predicted octanol–water partition coefficient (Wildman–Crippen LogP) is 5.51. The topological polar surface area (TPSA) is 111 Å². The van der Waals surface area contributed by atoms with Gasteiger partial charge < -0.3 is 38.5 Å². The van der Waals surface area contributed by atoms with Crippen LogP contribution < -0.4 is 5.32 Å². The highest BCUT2D eigenvalue weighted by Gasteiger charge is 2.28. The molecule has 1 aliphatic carbocycles. The van der Waals surface area contributed by atoms with Gasteiger partial charge in [-0.15, -0.1) is 0 Å². The third-order valence-corrected chi connectivity index (χ3v) is 7.29. The molecule has 250 valence electrons. The second kappa shape index (κ2) is 23.3. The van der Waals surface area contributed by atoms with Crippen molar-refractivity contribution in [3.05, 3.63) is 59.7 Å². The minimum Gasteiger partial charge on any atom is -0.463 e. The molecule has 0 spiro atoms. The number of nitrogens with one attached hydrogen (secondary N) is 1. The lowest BCUT2D eigenvalue weighted by atomic mass is 9.98. The van der Waals surface area contributed by atoms with Crippen molar-refractivity contribution in [2.24, 2.45) is 0 Å². The second-order valence-electron chi connectivity index (χ2n) is 10.7. The summed E-state index contributed by atoms with van der Waals surface area (Å²) in [5.74, 6) is -0.103. The van der Waals surface area contributed by atoms with Crippen molar-refractivity contribution in [1.82, 2.24) is 5.32 Å². The Bertz CT molecular complexity index is 1050. The van der Waals surface area contributed by atoms with Crippen molar-refractivity contribution < 1.29 is 42.7 Å². The van der Waals surface area contributed by atoms with Gasteiger partial charge >= 0.3 is 12.1 Å². The van der Waals surface area contributed by atoms with E-state index in [2.05, 4.69) is 36.5 Å². The lowest BCUT2D eigenvalue weighted by Crippen LogP contribution is -2.27. The highest BCUT2D eigenvalue weighted by molar-refractivity contribution is 5.79. The average molecular weight is 630 g/mol. The molecule has 2 aromatic carbocycles. The van der Waals surface area contributed by atoms with Gasteiger partial charge in [-0.25, -0.2) is 4.79 Å². The molecule has 0 saturated heterocycles. The molecule has 0 aromatic heterocycles. The fourth-order valence-corrected chi connectivity index (χ4v) is 4.98. The first-order chi connectivity index (χ1) is 22.2. The lowest BCUT2D eigenvalue weighted by molar-refractivity contribution is -0.145. The summed E-state index contributed by atoms with van der Waals surface area (Å²) in [7, 11) is 0. The van der Waals surface area contributed by atoms with Crippen molar-refractivity contribution in [1.29, 1.82) is 0 Å². The van der Waals surface area contributed by atoms with Gasteiger partial charge in [-0.05, 0) is 35.1 Å². The van der Waals surface area contributed by atoms with E-state index in [1.54, 1.807) is 0 Å². The van der Waals surface area contributed by atoms with E-state index in [-0.39, 0.29) is 18.5 Å². The maximum absolute atomic E-state index is 12.2. The van der Waals surface area contributed by atoms with E-state index in [9.17, 15) is 9.59 Å². The van der Waals surface area contributed by atoms with E-state index < -0.39 is 6.09 Å². The van der Waals surface area contributed by atoms with Crippen molar-refractivity contribution >= 4 is 12.1 Å². The number of fused-ring (bicyclic) bond motifs is 3. The maximum atomic E-state index is 12.2. The molecule has 0 atom stereocenters. The summed E-state index contributed by atoms with van der Waals surface area (Å²) in [6.07, 6.45) is 5.02. The monoisotopic (exact) mass is 629 g/mol. The van der Waals surface area contributed by atoms with E-state index >= 15 is 0 Å². The van der Waals surface area contributed by atoms with Crippen LogP contribution in [-0.2, 0) is 38.0 Å². The van der Waals surface area contributed by atoms with Crippen molar-refractivity contribution in [3.8, 4) is 11.1 Å². The molecule has 45 heavy (non-hydrogen) atoms. The number of alkyl carbamates (subject to hydrolysis) is 1. The molecule has 10 nitrogen and oxygen atoms in total. The molecule has 0 unspecified atom stereocenters. The van der Waals surface area contributed by atoms with Crippen LogP contribution >= 0.6 is 0 Å². The summed E-state index contributed by atoms with van der Waals surface area (Å²) in [6.45, 7) is 7.88. The second-order valence-corrected chi connectivity index (χ2v) is 10.7. The number of esters is 1. The minimum atomic E-state index is -0.415. The van der Waals surface area contributed by atoms with Crippen molar-refractivity contribution in [3.63, 3.8) is 0 Å². The van der Waals surface area contributed by atoms with Crippen LogP contribution in [0.25, 0.3) is 11.1 Å². The molecule has 0 fully saturated rings. The number of carbonyl (C=O) groups excluding carboxylic acids is 2. The minimum absolute atomic E-state index is 0.0521. The van der Waals surface area contributed by atoms with Gasteiger partial charge in [-0.1, -0.05) is 74.7 Å². The van der Waals surface area contributed by atoms with Crippen molar-refractivity contribution in [2.75, 3.05) is 85.8 Å². The Balaban J connectivity index is 1.03. The average Bonchev–Trinajstić information content (AvgIpc) is 3.38. The number of benzene rings is 2. The Hall–Kier alpha value is -3.02. The molecule has 0 saturated carbocycles. The van der Waals surface area contributed by atoms with Gasteiger partial charge in [0.2, 0.25) is 0 Å². The molecule has 10 heteroatoms. The van der Waals surface area contributed by atoms with Crippen LogP contribution in [0.1, 0.15) is 62.5 Å². The predicted molar refractivity (Wildman–Crippen MR) is 172 cm³/mol. The standard InChI is InChI=1S/C35H51NO9/c1-2-3-4-5-15-34(37)44-27-26-43-25-24-42-23-22-41-21-20-40-19-18-39-17-10-16-36-35(38)45-28-33-31-13-8-6-11-29(31)30-12-7-9-14-32(30)33/h6-9,11-14,33H,2-5,10,15-28H2,1H3,(H,36,38). The summed E-state index contributed by atoms with van der Waals surface area (Å²) < 4.78 is 38.1. The van der Waals surface area contributed by atoms with Crippen LogP contribution in [0.3, 0.4) is 0 Å². The number of carbonyl (C=O) groups is 2. The fraction of sp³-hybridized carbons (Fsp3) is 0.600. The Kier molecular flexibility index (Phi) is 18.9. The molecule has 2 aromatic rings. The van der Waals surface area contributed by atoms with E-state index in [1.165, 1.54) is 22.3 Å². The zero-order valence-electron chi connectivity index (χ0n) is 26.8. The van der Waals surface area contributed by atoms with E-state index in [0.717, 1.165) is 25.7 Å². The Labute approximate surface area is 268 Å². The molecule has 1 N–H and O–H groups in total. The van der Waals surface area contributed by atoms with Gasteiger partial charge in [0.15, 0.2) is 0 Å². The number of ether oxygens (including phenoxy) is 7. The number of hydrogen-bond acceptors (Lipinski definition) is 9. The van der Waals surface area contributed by atoms with Gasteiger partial charge in [0.1, 0.15) is 13.2 Å². The lowest BCUT2D eigenvalue weighted by Gasteiger charge is -2.14. The third kappa shape index (κ3) is 14.7. The Morgan fingerprint density at radius 1 is 0.600 bits per heavy atom. The molecule has 1 amide bonds. The van der Waals surface area contributed by atoms with Crippen LogP contribution in [0, 0.1) is 0 Å². The number of rotatable bonds is 26. The van der Waals surface area contributed by atoms with Crippen LogP contribution in [0.5, 0.6) is 0 Å². The Morgan fingerprint density at radius 3 is 1.67 bits per heavy atom. The summed E-state index contributed by atoms with van der Waals surface area (Å²) in [5, 5.41) is 2.80. The zero-order valence-corrected chi connectivity index (χ0v) is 26.8. The third-order valence-electron chi connectivity index (χ3n) is 7.29. The van der Waals surface area contributed by atoms with Crippen LogP contribution in [-0.4, -0.2) is 97.9 Å². The first-order valence-electron chi connectivity index (χ1n) is 16.3. The van der Waals surface area contributed by atoms with Gasteiger partial charge in [-0.2, -0.15) is 0 Å². The first-order valence-corrected chi connectivity index (χ1v) is 16.3. The summed E-state index contributed by atoms with van der Waals surface area (Å²) in [6, 6.07) is 16.6. The number of hydrogen-bond donors (Lipinski definition) is 1. The smallest absolute Gasteiger partial charge is 0.407 e. The van der Waals surface area contributed by atoms with E-state index in [1.807, 2.05) is 24.3 Å². The zero-order chi connectivity index (χ0) is 31.8. The van der Waals surface area contributed by atoms with Gasteiger partial charge in [0.05, 0.1) is 59.5 Å². The molecule has 0 radical (unpaired) electrons. The van der Waals surface area contributed by atoms with Gasteiger partial charge in [-0.3, -0.25) is 4.79 Å². The number of unbranched alkanes of at least 4 members (excludes halogenated alkanes) is 3. The van der Waals surface area contributed by atoms with Crippen molar-refractivity contribution in [2.45, 2.75) is 51.4 Å². The van der Waals surface area contributed by atoms with E-state index in [4.69, 9.17) is 33.2 Å². The Morgan fingerprint density at radius 2 is 1.11 bits per heavy atom. The molecule has 0 heterocycles. The van der Waals surface area contributed by atoms with Gasteiger partial charge in [0, 0.05) is 25.5 Å². The highest BCUT2D eigenvalue weighted by atomic mass is 16.6. The van der Waals surface area contributed by atoms with Crippen LogP contribution in [0.4, 0.5) is 4.79 Å². The molecular weight excluding hydrogens is 578 g/mol. The van der Waals surface area contributed by atoms with Crippen LogP contribution in [0.2, 0.25) is 0 Å².